The summed E-state index contributed by atoms with van der Waals surface area (Å²) < 4.78 is 46.9. The van der Waals surface area contributed by atoms with Gasteiger partial charge in [0.05, 0.1) is 30.2 Å². The Morgan fingerprint density at radius 3 is 2.56 bits per heavy atom. The van der Waals surface area contributed by atoms with E-state index in [9.17, 15) is 27.9 Å². The fraction of sp³-hybridized carbons (Fsp3) is 0.227. The number of ether oxygens (including phenoxy) is 1. The Kier molecular flexibility index (Phi) is 7.03. The van der Waals surface area contributed by atoms with E-state index in [0.29, 0.717) is 15.8 Å². The van der Waals surface area contributed by atoms with E-state index >= 15 is 0 Å². The van der Waals surface area contributed by atoms with Crippen LogP contribution in [0.3, 0.4) is 0 Å². The number of hydrogen-bond acceptors (Lipinski definition) is 5. The predicted octanol–water partition coefficient (Wildman–Crippen LogP) is 4.50. The lowest BCUT2D eigenvalue weighted by molar-refractivity contribution is -0.137. The fourth-order valence-electron chi connectivity index (χ4n) is 3.20. The smallest absolute Gasteiger partial charge is 0.418 e. The van der Waals surface area contributed by atoms with E-state index in [0.717, 1.165) is 11.6 Å². The topological polar surface area (TPSA) is 81.4 Å². The minimum absolute atomic E-state index is 0.0221. The molecule has 0 saturated heterocycles. The van der Waals surface area contributed by atoms with Gasteiger partial charge >= 0.3 is 12.1 Å². The van der Waals surface area contributed by atoms with Crippen LogP contribution in [0.2, 0.25) is 0 Å². The van der Waals surface area contributed by atoms with Crippen molar-refractivity contribution in [2.75, 3.05) is 6.61 Å². The van der Waals surface area contributed by atoms with Crippen LogP contribution in [-0.4, -0.2) is 27.5 Å². The van der Waals surface area contributed by atoms with E-state index in [1.165, 1.54) is 18.2 Å². The molecule has 0 fully saturated rings. The van der Waals surface area contributed by atoms with Crippen molar-refractivity contribution in [3.63, 3.8) is 0 Å². The maximum atomic E-state index is 13.7. The van der Waals surface area contributed by atoms with Crippen LogP contribution in [0, 0.1) is 10.5 Å². The minimum Gasteiger partial charge on any atom is -0.462 e. The molecule has 0 saturated carbocycles. The minimum atomic E-state index is -4.76. The first-order valence-corrected chi connectivity index (χ1v) is 10.5. The lowest BCUT2D eigenvalue weighted by Crippen LogP contribution is -2.31. The number of aliphatic hydroxyl groups is 1. The zero-order valence-electron chi connectivity index (χ0n) is 17.0. The first kappa shape index (κ1) is 23.9. The average Bonchev–Trinajstić information content (AvgIpc) is 2.73. The third-order valence-electron chi connectivity index (χ3n) is 4.53. The highest BCUT2D eigenvalue weighted by Crippen LogP contribution is 2.35. The summed E-state index contributed by atoms with van der Waals surface area (Å²) in [4.78, 5) is 25.5. The van der Waals surface area contributed by atoms with E-state index < -0.39 is 34.5 Å². The molecule has 1 heterocycles. The number of aromatic nitrogens is 2. The Hall–Kier alpha value is -2.73. The van der Waals surface area contributed by atoms with Crippen molar-refractivity contribution in [3.05, 3.63) is 78.6 Å². The standard InChI is InChI=1S/C22H18F3IN2O4/c1-3-32-21(31)15-10-18(14-8-12(2)7-13(9-14)11-29)27-28(20(15)30)19-16(22(23,24)25)5-4-6-17(19)26/h4-10,29H,3,11H2,1-2H3. The summed E-state index contributed by atoms with van der Waals surface area (Å²) in [5.74, 6) is -0.968. The highest BCUT2D eigenvalue weighted by molar-refractivity contribution is 14.1. The van der Waals surface area contributed by atoms with Gasteiger partial charge < -0.3 is 9.84 Å². The van der Waals surface area contributed by atoms with Gasteiger partial charge in [-0.2, -0.15) is 23.0 Å². The monoisotopic (exact) mass is 558 g/mol. The molecule has 32 heavy (non-hydrogen) atoms. The van der Waals surface area contributed by atoms with Gasteiger partial charge in [0.25, 0.3) is 5.56 Å². The quantitative estimate of drug-likeness (QED) is 0.369. The summed E-state index contributed by atoms with van der Waals surface area (Å²) in [7, 11) is 0. The van der Waals surface area contributed by atoms with E-state index in [1.807, 2.05) is 0 Å². The van der Waals surface area contributed by atoms with Crippen molar-refractivity contribution < 1.29 is 27.8 Å². The van der Waals surface area contributed by atoms with Crippen LogP contribution in [0.25, 0.3) is 16.9 Å². The largest absolute Gasteiger partial charge is 0.462 e. The van der Waals surface area contributed by atoms with Gasteiger partial charge in [-0.05, 0) is 72.3 Å². The summed E-state index contributed by atoms with van der Waals surface area (Å²) in [6.45, 7) is 3.03. The first-order chi connectivity index (χ1) is 15.1. The number of para-hydroxylation sites is 1. The van der Waals surface area contributed by atoms with Crippen LogP contribution < -0.4 is 5.56 Å². The molecule has 2 aromatic carbocycles. The molecule has 168 valence electrons. The number of aryl methyl sites for hydroxylation is 1. The Morgan fingerprint density at radius 1 is 1.22 bits per heavy atom. The molecule has 1 N–H and O–H groups in total. The lowest BCUT2D eigenvalue weighted by atomic mass is 10.0. The van der Waals surface area contributed by atoms with Gasteiger partial charge in [0.2, 0.25) is 0 Å². The van der Waals surface area contributed by atoms with Gasteiger partial charge in [-0.25, -0.2) is 4.79 Å². The molecule has 3 rings (SSSR count). The van der Waals surface area contributed by atoms with Crippen molar-refractivity contribution in [2.24, 2.45) is 0 Å². The summed E-state index contributed by atoms with van der Waals surface area (Å²) in [6, 6.07) is 9.67. The van der Waals surface area contributed by atoms with Crippen LogP contribution in [0.15, 0.2) is 47.3 Å². The van der Waals surface area contributed by atoms with Crippen molar-refractivity contribution >= 4 is 28.6 Å². The second-order valence-corrected chi connectivity index (χ2v) is 8.04. The van der Waals surface area contributed by atoms with Gasteiger partial charge in [0.1, 0.15) is 5.56 Å². The van der Waals surface area contributed by atoms with Crippen molar-refractivity contribution in [2.45, 2.75) is 26.6 Å². The lowest BCUT2D eigenvalue weighted by Gasteiger charge is -2.17. The molecule has 3 aromatic rings. The van der Waals surface area contributed by atoms with Crippen LogP contribution >= 0.6 is 22.6 Å². The average molecular weight is 558 g/mol. The van der Waals surface area contributed by atoms with E-state index in [1.54, 1.807) is 54.6 Å². The highest BCUT2D eigenvalue weighted by Gasteiger charge is 2.36. The molecule has 0 aliphatic heterocycles. The number of carbonyl (C=O) groups excluding carboxylic acids is 1. The highest BCUT2D eigenvalue weighted by atomic mass is 127. The molecule has 0 unspecified atom stereocenters. The SMILES string of the molecule is CCOC(=O)c1cc(-c2cc(C)cc(CO)c2)nn(-c2c(I)cccc2C(F)(F)F)c1=O. The molecule has 1 aromatic heterocycles. The molecule has 0 atom stereocenters. The summed E-state index contributed by atoms with van der Waals surface area (Å²) >= 11 is 1.69. The van der Waals surface area contributed by atoms with Crippen LogP contribution in [0.5, 0.6) is 0 Å². The van der Waals surface area contributed by atoms with Crippen molar-refractivity contribution in [1.82, 2.24) is 9.78 Å². The van der Waals surface area contributed by atoms with Gasteiger partial charge in [-0.1, -0.05) is 17.7 Å². The maximum Gasteiger partial charge on any atom is 0.418 e. The second-order valence-electron chi connectivity index (χ2n) is 6.88. The molecule has 0 aliphatic rings. The first-order valence-electron chi connectivity index (χ1n) is 9.46. The number of carbonyl (C=O) groups is 1. The fourth-order valence-corrected chi connectivity index (χ4v) is 3.93. The molecule has 0 spiro atoms. The number of aliphatic hydroxyl groups excluding tert-OH is 1. The molecule has 0 radical (unpaired) electrons. The molecule has 0 aliphatic carbocycles. The van der Waals surface area contributed by atoms with Gasteiger partial charge in [-0.15, -0.1) is 0 Å². The summed E-state index contributed by atoms with van der Waals surface area (Å²) in [6.07, 6.45) is -4.76. The Morgan fingerprint density at radius 2 is 1.94 bits per heavy atom. The number of esters is 1. The van der Waals surface area contributed by atoms with Crippen molar-refractivity contribution in [1.29, 1.82) is 0 Å². The van der Waals surface area contributed by atoms with E-state index in [-0.39, 0.29) is 22.5 Å². The van der Waals surface area contributed by atoms with E-state index in [2.05, 4.69) is 5.10 Å². The van der Waals surface area contributed by atoms with Crippen molar-refractivity contribution in [3.8, 4) is 16.9 Å². The second kappa shape index (κ2) is 9.41. The number of hydrogen-bond donors (Lipinski definition) is 1. The summed E-state index contributed by atoms with van der Waals surface area (Å²) in [5.41, 5.74) is -1.21. The Balaban J connectivity index is 2.40. The van der Waals surface area contributed by atoms with E-state index in [4.69, 9.17) is 4.74 Å². The number of nitrogens with zero attached hydrogens (tertiary/aromatic N) is 2. The molecule has 10 heteroatoms. The number of alkyl halides is 3. The summed E-state index contributed by atoms with van der Waals surface area (Å²) in [5, 5.41) is 13.7. The molecular weight excluding hydrogens is 540 g/mol. The predicted molar refractivity (Wildman–Crippen MR) is 120 cm³/mol. The third kappa shape index (κ3) is 4.85. The van der Waals surface area contributed by atoms with Gasteiger partial charge in [0.15, 0.2) is 0 Å². The molecule has 0 amide bonds. The number of halogens is 4. The third-order valence-corrected chi connectivity index (χ3v) is 5.40. The van der Waals surface area contributed by atoms with Crippen LogP contribution in [0.4, 0.5) is 13.2 Å². The van der Waals surface area contributed by atoms with Gasteiger partial charge in [-0.3, -0.25) is 4.79 Å². The number of rotatable bonds is 5. The molecule has 0 bridgehead atoms. The zero-order valence-corrected chi connectivity index (χ0v) is 19.2. The molecular formula is C22H18F3IN2O4. The Labute approximate surface area is 194 Å². The molecule has 6 nitrogen and oxygen atoms in total. The number of benzene rings is 2. The van der Waals surface area contributed by atoms with Crippen LogP contribution in [0.1, 0.15) is 34.0 Å². The Bertz CT molecular complexity index is 1240. The normalized spacial score (nSPS) is 11.5. The zero-order chi connectivity index (χ0) is 23.6. The van der Waals surface area contributed by atoms with Gasteiger partial charge in [0, 0.05) is 9.13 Å². The van der Waals surface area contributed by atoms with Crippen LogP contribution in [-0.2, 0) is 17.5 Å². The maximum absolute atomic E-state index is 13.7.